The van der Waals surface area contributed by atoms with Crippen molar-refractivity contribution in [3.63, 3.8) is 0 Å². The Balaban J connectivity index is 1.59. The van der Waals surface area contributed by atoms with Crippen LogP contribution in [0.4, 0.5) is 0 Å². The lowest BCUT2D eigenvalue weighted by Crippen LogP contribution is -2.33. The quantitative estimate of drug-likeness (QED) is 0.444. The fourth-order valence-electron chi connectivity index (χ4n) is 3.51. The SMILES string of the molecule is CCOc1cc(-c2ccc(CCN[C@@H](C)[C@@H](O)c3ccccc3)cc2)ccc1C(=O)O. The van der Waals surface area contributed by atoms with E-state index in [-0.39, 0.29) is 11.6 Å². The van der Waals surface area contributed by atoms with Gasteiger partial charge in [0.1, 0.15) is 11.3 Å². The van der Waals surface area contributed by atoms with Crippen molar-refractivity contribution in [1.82, 2.24) is 5.32 Å². The molecule has 2 atom stereocenters. The van der Waals surface area contributed by atoms with Gasteiger partial charge in [-0.15, -0.1) is 0 Å². The van der Waals surface area contributed by atoms with E-state index < -0.39 is 12.1 Å². The predicted octanol–water partition coefficient (Wildman–Crippen LogP) is 4.70. The highest BCUT2D eigenvalue weighted by Gasteiger charge is 2.15. The van der Waals surface area contributed by atoms with Crippen LogP contribution in [0, 0.1) is 0 Å². The Bertz CT molecular complexity index is 986. The smallest absolute Gasteiger partial charge is 0.339 e. The van der Waals surface area contributed by atoms with Crippen LogP contribution in [-0.4, -0.2) is 35.4 Å². The average Bonchev–Trinajstić information content (AvgIpc) is 2.79. The van der Waals surface area contributed by atoms with E-state index in [4.69, 9.17) is 4.74 Å². The van der Waals surface area contributed by atoms with Crippen molar-refractivity contribution in [2.45, 2.75) is 32.4 Å². The van der Waals surface area contributed by atoms with Gasteiger partial charge in [0, 0.05) is 6.04 Å². The van der Waals surface area contributed by atoms with Crippen LogP contribution < -0.4 is 10.1 Å². The maximum absolute atomic E-state index is 11.4. The number of carboxylic acid groups (broad SMARTS) is 1. The standard InChI is InChI=1S/C26H29NO4/c1-3-31-24-17-22(13-14-23(24)26(29)30)20-11-9-19(10-12-20)15-16-27-18(2)25(28)21-7-5-4-6-8-21/h4-14,17-18,25,27-28H,3,15-16H2,1-2H3,(H,29,30)/t18-,25+/m0/s1. The van der Waals surface area contributed by atoms with E-state index in [9.17, 15) is 15.0 Å². The number of aliphatic hydroxyl groups is 1. The molecule has 0 aliphatic heterocycles. The minimum atomic E-state index is -0.996. The molecule has 0 fully saturated rings. The largest absolute Gasteiger partial charge is 0.493 e. The second-order valence-corrected chi connectivity index (χ2v) is 7.49. The van der Waals surface area contributed by atoms with Gasteiger partial charge in [-0.2, -0.15) is 0 Å². The lowest BCUT2D eigenvalue weighted by Gasteiger charge is -2.20. The summed E-state index contributed by atoms with van der Waals surface area (Å²) in [7, 11) is 0. The van der Waals surface area contributed by atoms with Crippen LogP contribution in [0.2, 0.25) is 0 Å². The Labute approximate surface area is 183 Å². The Kier molecular flexibility index (Phi) is 7.82. The molecule has 5 nitrogen and oxygen atoms in total. The van der Waals surface area contributed by atoms with Crippen LogP contribution in [-0.2, 0) is 6.42 Å². The highest BCUT2D eigenvalue weighted by molar-refractivity contribution is 5.92. The molecular formula is C26H29NO4. The molecule has 3 aromatic carbocycles. The molecule has 0 amide bonds. The first-order valence-electron chi connectivity index (χ1n) is 10.6. The molecule has 0 aromatic heterocycles. The first-order valence-corrected chi connectivity index (χ1v) is 10.6. The molecule has 0 saturated heterocycles. The molecule has 0 saturated carbocycles. The Morgan fingerprint density at radius 3 is 2.32 bits per heavy atom. The number of aromatic carboxylic acids is 1. The summed E-state index contributed by atoms with van der Waals surface area (Å²) in [5, 5.41) is 23.2. The normalized spacial score (nSPS) is 12.9. The lowest BCUT2D eigenvalue weighted by molar-refractivity contribution is 0.0692. The molecular weight excluding hydrogens is 390 g/mol. The minimum Gasteiger partial charge on any atom is -0.493 e. The first-order chi connectivity index (χ1) is 15.0. The summed E-state index contributed by atoms with van der Waals surface area (Å²) >= 11 is 0. The number of hydrogen-bond donors (Lipinski definition) is 3. The van der Waals surface area contributed by atoms with Gasteiger partial charge in [0.25, 0.3) is 0 Å². The van der Waals surface area contributed by atoms with Gasteiger partial charge >= 0.3 is 5.97 Å². The summed E-state index contributed by atoms with van der Waals surface area (Å²) in [4.78, 5) is 11.4. The van der Waals surface area contributed by atoms with Gasteiger partial charge in [0.05, 0.1) is 12.7 Å². The summed E-state index contributed by atoms with van der Waals surface area (Å²) in [5.41, 5.74) is 4.18. The summed E-state index contributed by atoms with van der Waals surface area (Å²) in [5.74, 6) is -0.615. The number of carboxylic acids is 1. The molecule has 0 bridgehead atoms. The van der Waals surface area contributed by atoms with Crippen molar-refractivity contribution in [3.05, 3.63) is 89.5 Å². The fraction of sp³-hybridized carbons (Fsp3) is 0.269. The van der Waals surface area contributed by atoms with Crippen molar-refractivity contribution < 1.29 is 19.7 Å². The summed E-state index contributed by atoms with van der Waals surface area (Å²) in [6, 6.07) is 23.0. The molecule has 3 rings (SSSR count). The van der Waals surface area contributed by atoms with E-state index in [1.807, 2.05) is 56.3 Å². The zero-order chi connectivity index (χ0) is 22.2. The third-order valence-electron chi connectivity index (χ3n) is 5.29. The minimum absolute atomic E-state index is 0.0496. The zero-order valence-electron chi connectivity index (χ0n) is 17.9. The van der Waals surface area contributed by atoms with E-state index in [0.29, 0.717) is 12.4 Å². The van der Waals surface area contributed by atoms with Crippen molar-refractivity contribution in [2.24, 2.45) is 0 Å². The monoisotopic (exact) mass is 419 g/mol. The number of rotatable bonds is 10. The molecule has 0 spiro atoms. The number of carbonyl (C=O) groups is 1. The van der Waals surface area contributed by atoms with Crippen molar-refractivity contribution >= 4 is 5.97 Å². The predicted molar refractivity (Wildman–Crippen MR) is 123 cm³/mol. The van der Waals surface area contributed by atoms with Crippen molar-refractivity contribution in [3.8, 4) is 16.9 Å². The molecule has 0 radical (unpaired) electrons. The Hall–Kier alpha value is -3.15. The molecule has 31 heavy (non-hydrogen) atoms. The topological polar surface area (TPSA) is 78.8 Å². The van der Waals surface area contributed by atoms with Crippen LogP contribution in [0.25, 0.3) is 11.1 Å². The van der Waals surface area contributed by atoms with Gasteiger partial charge in [0.15, 0.2) is 0 Å². The number of hydrogen-bond acceptors (Lipinski definition) is 4. The maximum Gasteiger partial charge on any atom is 0.339 e. The second kappa shape index (κ2) is 10.8. The van der Waals surface area contributed by atoms with E-state index in [0.717, 1.165) is 29.7 Å². The van der Waals surface area contributed by atoms with E-state index >= 15 is 0 Å². The highest BCUT2D eigenvalue weighted by Crippen LogP contribution is 2.28. The van der Waals surface area contributed by atoms with Crippen LogP contribution >= 0.6 is 0 Å². The number of nitrogens with one attached hydrogen (secondary N) is 1. The molecule has 0 heterocycles. The van der Waals surface area contributed by atoms with Gasteiger partial charge in [-0.3, -0.25) is 0 Å². The Morgan fingerprint density at radius 2 is 1.68 bits per heavy atom. The lowest BCUT2D eigenvalue weighted by atomic mass is 10.0. The van der Waals surface area contributed by atoms with Gasteiger partial charge in [-0.25, -0.2) is 4.79 Å². The van der Waals surface area contributed by atoms with Gasteiger partial charge in [-0.05, 0) is 61.2 Å². The zero-order valence-corrected chi connectivity index (χ0v) is 17.9. The van der Waals surface area contributed by atoms with E-state index in [2.05, 4.69) is 17.4 Å². The first kappa shape index (κ1) is 22.5. The van der Waals surface area contributed by atoms with Crippen LogP contribution in [0.15, 0.2) is 72.8 Å². The van der Waals surface area contributed by atoms with E-state index in [1.165, 1.54) is 5.56 Å². The third-order valence-corrected chi connectivity index (χ3v) is 5.29. The molecule has 3 N–H and O–H groups in total. The number of aliphatic hydroxyl groups excluding tert-OH is 1. The number of benzene rings is 3. The van der Waals surface area contributed by atoms with Crippen LogP contribution in [0.1, 0.15) is 41.4 Å². The Morgan fingerprint density at radius 1 is 1.00 bits per heavy atom. The molecule has 0 unspecified atom stereocenters. The van der Waals surface area contributed by atoms with Crippen LogP contribution in [0.3, 0.4) is 0 Å². The third kappa shape index (κ3) is 5.94. The fourth-order valence-corrected chi connectivity index (χ4v) is 3.51. The molecule has 5 heteroatoms. The second-order valence-electron chi connectivity index (χ2n) is 7.49. The summed E-state index contributed by atoms with van der Waals surface area (Å²) in [6.45, 7) is 4.98. The average molecular weight is 420 g/mol. The van der Waals surface area contributed by atoms with Crippen LogP contribution in [0.5, 0.6) is 5.75 Å². The molecule has 0 aliphatic carbocycles. The molecule has 0 aliphatic rings. The molecule has 162 valence electrons. The van der Waals surface area contributed by atoms with Gasteiger partial charge < -0.3 is 20.3 Å². The number of ether oxygens (including phenoxy) is 1. The highest BCUT2D eigenvalue weighted by atomic mass is 16.5. The maximum atomic E-state index is 11.4. The summed E-state index contributed by atoms with van der Waals surface area (Å²) in [6.07, 6.45) is 0.297. The molecule has 3 aromatic rings. The van der Waals surface area contributed by atoms with Gasteiger partial charge in [-0.1, -0.05) is 60.7 Å². The van der Waals surface area contributed by atoms with Crippen molar-refractivity contribution in [2.75, 3.05) is 13.2 Å². The van der Waals surface area contributed by atoms with Crippen molar-refractivity contribution in [1.29, 1.82) is 0 Å². The summed E-state index contributed by atoms with van der Waals surface area (Å²) < 4.78 is 5.50. The van der Waals surface area contributed by atoms with E-state index in [1.54, 1.807) is 18.2 Å². The van der Waals surface area contributed by atoms with Gasteiger partial charge in [0.2, 0.25) is 0 Å².